The van der Waals surface area contributed by atoms with Crippen molar-refractivity contribution in [1.29, 1.82) is 0 Å². The van der Waals surface area contributed by atoms with Gasteiger partial charge in [0.15, 0.2) is 0 Å². The summed E-state index contributed by atoms with van der Waals surface area (Å²) in [5.74, 6) is 1.06. The molecule has 0 aromatic heterocycles. The molecule has 116 valence electrons. The van der Waals surface area contributed by atoms with Crippen LogP contribution in [-0.2, 0) is 9.53 Å². The summed E-state index contributed by atoms with van der Waals surface area (Å²) in [4.78, 5) is 12.1. The van der Waals surface area contributed by atoms with Crippen LogP contribution < -0.4 is 5.32 Å². The number of hydrogen-bond acceptors (Lipinski definition) is 3. The van der Waals surface area contributed by atoms with Gasteiger partial charge < -0.3 is 10.1 Å². The number of esters is 1. The van der Waals surface area contributed by atoms with Crippen molar-refractivity contribution in [3.8, 4) is 0 Å². The quantitative estimate of drug-likeness (QED) is 0.598. The van der Waals surface area contributed by atoms with E-state index in [-0.39, 0.29) is 12.0 Å². The highest BCUT2D eigenvalue weighted by Gasteiger charge is 2.35. The Morgan fingerprint density at radius 2 is 1.95 bits per heavy atom. The van der Waals surface area contributed by atoms with Crippen molar-refractivity contribution in [1.82, 2.24) is 5.32 Å². The molecule has 0 aromatic carbocycles. The van der Waals surface area contributed by atoms with Crippen LogP contribution in [0.3, 0.4) is 0 Å². The van der Waals surface area contributed by atoms with Crippen LogP contribution in [0.4, 0.5) is 0 Å². The van der Waals surface area contributed by atoms with Crippen LogP contribution in [-0.4, -0.2) is 25.2 Å². The molecule has 3 heteroatoms. The second kappa shape index (κ2) is 7.82. The molecule has 0 amide bonds. The van der Waals surface area contributed by atoms with Crippen LogP contribution >= 0.6 is 0 Å². The van der Waals surface area contributed by atoms with E-state index in [0.717, 1.165) is 18.8 Å². The van der Waals surface area contributed by atoms with Gasteiger partial charge in [-0.15, -0.1) is 6.58 Å². The number of hydrogen-bond donors (Lipinski definition) is 1. The zero-order valence-corrected chi connectivity index (χ0v) is 13.6. The van der Waals surface area contributed by atoms with Gasteiger partial charge in [0.05, 0.1) is 6.61 Å². The van der Waals surface area contributed by atoms with E-state index in [1.165, 1.54) is 12.8 Å². The summed E-state index contributed by atoms with van der Waals surface area (Å²) >= 11 is 0. The Labute approximate surface area is 124 Å². The van der Waals surface area contributed by atoms with Crippen molar-refractivity contribution in [2.45, 2.75) is 59.4 Å². The molecule has 0 aliphatic heterocycles. The predicted octanol–water partition coefficient (Wildman–Crippen LogP) is 3.55. The van der Waals surface area contributed by atoms with E-state index < -0.39 is 0 Å². The maximum absolute atomic E-state index is 12.1. The van der Waals surface area contributed by atoms with Gasteiger partial charge in [-0.1, -0.05) is 26.8 Å². The van der Waals surface area contributed by atoms with E-state index in [9.17, 15) is 4.79 Å². The van der Waals surface area contributed by atoms with Crippen molar-refractivity contribution < 1.29 is 9.53 Å². The van der Waals surface area contributed by atoms with Gasteiger partial charge in [-0.05, 0) is 49.9 Å². The van der Waals surface area contributed by atoms with Gasteiger partial charge in [-0.3, -0.25) is 4.79 Å². The number of ether oxygens (including phenoxy) is 1. The molecule has 1 rings (SSSR count). The first kappa shape index (κ1) is 17.2. The molecule has 0 aromatic rings. The minimum absolute atomic E-state index is 0.103. The highest BCUT2D eigenvalue weighted by atomic mass is 16.5. The number of nitrogens with one attached hydrogen (secondary N) is 1. The predicted molar refractivity (Wildman–Crippen MR) is 83.5 cm³/mol. The molecule has 3 nitrogen and oxygen atoms in total. The fourth-order valence-electron chi connectivity index (χ4n) is 3.20. The second-order valence-corrected chi connectivity index (χ2v) is 6.90. The molecule has 0 heterocycles. The zero-order valence-electron chi connectivity index (χ0n) is 13.6. The first-order valence-corrected chi connectivity index (χ1v) is 7.91. The van der Waals surface area contributed by atoms with Crippen LogP contribution in [0, 0.1) is 17.3 Å². The maximum Gasteiger partial charge on any atom is 0.323 e. The van der Waals surface area contributed by atoms with Crippen molar-refractivity contribution in [3.05, 3.63) is 12.7 Å². The summed E-state index contributed by atoms with van der Waals surface area (Å²) in [5.41, 5.74) is 0.374. The van der Waals surface area contributed by atoms with E-state index in [1.807, 2.05) is 6.92 Å². The average molecular weight is 281 g/mol. The van der Waals surface area contributed by atoms with Gasteiger partial charge in [0.25, 0.3) is 0 Å². The monoisotopic (exact) mass is 281 g/mol. The lowest BCUT2D eigenvalue weighted by Crippen LogP contribution is -2.45. The van der Waals surface area contributed by atoms with Crippen LogP contribution in [0.5, 0.6) is 0 Å². The van der Waals surface area contributed by atoms with E-state index in [1.54, 1.807) is 6.08 Å². The summed E-state index contributed by atoms with van der Waals surface area (Å²) < 4.78 is 5.21. The minimum atomic E-state index is -0.172. The molecule has 1 fully saturated rings. The lowest BCUT2D eigenvalue weighted by molar-refractivity contribution is -0.147. The molecule has 0 spiro atoms. The van der Waals surface area contributed by atoms with Crippen LogP contribution in [0.15, 0.2) is 12.7 Å². The lowest BCUT2D eigenvalue weighted by Gasteiger charge is -2.39. The molecule has 0 bridgehead atoms. The summed E-state index contributed by atoms with van der Waals surface area (Å²) in [7, 11) is 0. The molecule has 1 aliphatic carbocycles. The largest absolute Gasteiger partial charge is 0.465 e. The Morgan fingerprint density at radius 1 is 1.35 bits per heavy atom. The minimum Gasteiger partial charge on any atom is -0.465 e. The normalized spacial score (nSPS) is 25.0. The first-order chi connectivity index (χ1) is 9.40. The molecular formula is C17H31NO2. The standard InChI is InChI=1S/C17H31NO2/c1-6-12-18-15(16(19)20-7-2)13-8-10-14(11-9-13)17(3,4)5/h6,13-15,18H,1,7-12H2,2-5H3. The van der Waals surface area contributed by atoms with Crippen LogP contribution in [0.25, 0.3) is 0 Å². The van der Waals surface area contributed by atoms with Gasteiger partial charge >= 0.3 is 5.97 Å². The first-order valence-electron chi connectivity index (χ1n) is 7.91. The van der Waals surface area contributed by atoms with Crippen molar-refractivity contribution >= 4 is 5.97 Å². The average Bonchev–Trinajstić information content (AvgIpc) is 2.39. The third kappa shape index (κ3) is 4.93. The molecule has 20 heavy (non-hydrogen) atoms. The van der Waals surface area contributed by atoms with Gasteiger partial charge in [-0.25, -0.2) is 0 Å². The SMILES string of the molecule is C=CCNC(C(=O)OCC)C1CCC(C(C)(C)C)CC1. The molecular weight excluding hydrogens is 250 g/mol. The van der Waals surface area contributed by atoms with Gasteiger partial charge in [0.1, 0.15) is 6.04 Å². The lowest BCUT2D eigenvalue weighted by atomic mass is 9.68. The number of carbonyl (C=O) groups is 1. The fourth-order valence-corrected chi connectivity index (χ4v) is 3.20. The van der Waals surface area contributed by atoms with Gasteiger partial charge in [-0.2, -0.15) is 0 Å². The summed E-state index contributed by atoms with van der Waals surface area (Å²) in [5, 5.41) is 3.28. The van der Waals surface area contributed by atoms with Gasteiger partial charge in [0, 0.05) is 6.54 Å². The van der Waals surface area contributed by atoms with E-state index in [4.69, 9.17) is 4.74 Å². The van der Waals surface area contributed by atoms with Crippen molar-refractivity contribution in [3.63, 3.8) is 0 Å². The molecule has 1 saturated carbocycles. The van der Waals surface area contributed by atoms with Gasteiger partial charge in [0.2, 0.25) is 0 Å². The maximum atomic E-state index is 12.1. The molecule has 0 radical (unpaired) electrons. The van der Waals surface area contributed by atoms with E-state index in [0.29, 0.717) is 24.5 Å². The molecule has 0 saturated heterocycles. The van der Waals surface area contributed by atoms with Crippen LogP contribution in [0.2, 0.25) is 0 Å². The molecule has 1 N–H and O–H groups in total. The second-order valence-electron chi connectivity index (χ2n) is 6.90. The Morgan fingerprint density at radius 3 is 2.40 bits per heavy atom. The zero-order chi connectivity index (χ0) is 15.2. The van der Waals surface area contributed by atoms with E-state index in [2.05, 4.69) is 32.7 Å². The number of rotatable bonds is 6. The highest BCUT2D eigenvalue weighted by molar-refractivity contribution is 5.76. The summed E-state index contributed by atoms with van der Waals surface area (Å²) in [6.07, 6.45) is 6.43. The Hall–Kier alpha value is -0.830. The highest BCUT2D eigenvalue weighted by Crippen LogP contribution is 2.40. The van der Waals surface area contributed by atoms with E-state index >= 15 is 0 Å². The summed E-state index contributed by atoms with van der Waals surface area (Å²) in [6, 6.07) is -0.172. The Kier molecular flexibility index (Phi) is 6.74. The fraction of sp³-hybridized carbons (Fsp3) is 0.824. The Balaban J connectivity index is 2.60. The molecule has 1 atom stereocenters. The van der Waals surface area contributed by atoms with Crippen molar-refractivity contribution in [2.24, 2.45) is 17.3 Å². The van der Waals surface area contributed by atoms with Crippen LogP contribution in [0.1, 0.15) is 53.4 Å². The molecule has 1 aliphatic rings. The Bertz CT molecular complexity index is 311. The molecule has 1 unspecified atom stereocenters. The number of carbonyl (C=O) groups excluding carboxylic acids is 1. The topological polar surface area (TPSA) is 38.3 Å². The third-order valence-corrected chi connectivity index (χ3v) is 4.49. The third-order valence-electron chi connectivity index (χ3n) is 4.49. The van der Waals surface area contributed by atoms with Crippen molar-refractivity contribution in [2.75, 3.05) is 13.2 Å². The summed E-state index contributed by atoms with van der Waals surface area (Å²) in [6.45, 7) is 13.6. The smallest absolute Gasteiger partial charge is 0.323 e.